The van der Waals surface area contributed by atoms with Crippen molar-refractivity contribution in [2.75, 3.05) is 25.2 Å². The number of methoxy groups -OCH3 is 1. The lowest BCUT2D eigenvalue weighted by Crippen LogP contribution is -2.43. The van der Waals surface area contributed by atoms with Gasteiger partial charge in [0.25, 0.3) is 0 Å². The van der Waals surface area contributed by atoms with Crippen LogP contribution in [-0.2, 0) is 42.7 Å². The number of oxazole rings is 1. The highest BCUT2D eigenvalue weighted by atomic mass is 33.1. The van der Waals surface area contributed by atoms with Crippen LogP contribution in [0, 0.1) is 30.6 Å². The van der Waals surface area contributed by atoms with Gasteiger partial charge in [0.15, 0.2) is 12.0 Å². The van der Waals surface area contributed by atoms with Crippen LogP contribution >= 0.6 is 21.6 Å². The Kier molecular flexibility index (Phi) is 15.8. The van der Waals surface area contributed by atoms with E-state index in [0.717, 1.165) is 22.6 Å². The fraction of sp³-hybridized carbons (Fsp3) is 0.667. The maximum atomic E-state index is 13.8. The molecule has 1 aromatic heterocycles. The summed E-state index contributed by atoms with van der Waals surface area (Å²) < 4.78 is 47.1. The average Bonchev–Trinajstić information content (AvgIpc) is 4.01. The van der Waals surface area contributed by atoms with E-state index in [2.05, 4.69) is 18.8 Å². The Morgan fingerprint density at radius 3 is 2.57 bits per heavy atom. The molecule has 56 heavy (non-hydrogen) atoms. The Hall–Kier alpha value is -3.04. The standard InChI is InChI=1S/C42H59NO11S2/c1-24(2)23-56-55-16-15-48-41(46)53-36-21-33(28(6)38(47-9)27(5)12-10-11-25(3)17-31-22-49-29(7)43-31)52-40(45)39-34(51-39)19-30-18-32(50-37(44)20-30)26(4)13-14-35-42(36,8)54-35/h10-14,17,22,24,26,28,30,32-36,38-39H,15-16,18-21,23H2,1-9H3/b11-10+,14-13+,25-17+,27-12+/t26-,28+,30+,32?,33+,34+,35-,36+,38+,39-,42+/m1/s1. The molecule has 5 heterocycles. The number of hydrogen-bond acceptors (Lipinski definition) is 14. The molecule has 0 spiro atoms. The molecule has 0 radical (unpaired) electrons. The molecule has 12 nitrogen and oxygen atoms in total. The smallest absolute Gasteiger partial charge is 0.462 e. The number of hydrogen-bond donors (Lipinski definition) is 0. The Balaban J connectivity index is 1.38. The van der Waals surface area contributed by atoms with E-state index in [1.807, 2.05) is 71.1 Å². The molecular formula is C42H59NO11S2. The number of nitrogens with zero attached hydrogens (tertiary/aromatic N) is 1. The van der Waals surface area contributed by atoms with Crippen molar-refractivity contribution >= 4 is 45.8 Å². The fourth-order valence-electron chi connectivity index (χ4n) is 7.33. The number of carbonyl (C=O) groups is 3. The maximum absolute atomic E-state index is 13.8. The first-order valence-corrected chi connectivity index (χ1v) is 22.1. The van der Waals surface area contributed by atoms with E-state index < -0.39 is 48.2 Å². The highest BCUT2D eigenvalue weighted by Crippen LogP contribution is 2.46. The van der Waals surface area contributed by atoms with Crippen LogP contribution in [0.5, 0.6) is 0 Å². The van der Waals surface area contributed by atoms with E-state index >= 15 is 0 Å². The molecule has 14 heteroatoms. The molecule has 3 fully saturated rings. The lowest BCUT2D eigenvalue weighted by Gasteiger charge is -2.33. The second-order valence-electron chi connectivity index (χ2n) is 16.0. The molecule has 5 rings (SSSR count). The first-order valence-electron chi connectivity index (χ1n) is 19.6. The van der Waals surface area contributed by atoms with Crippen molar-refractivity contribution in [3.8, 4) is 0 Å². The van der Waals surface area contributed by atoms with E-state index in [-0.39, 0.29) is 55.4 Å². The summed E-state index contributed by atoms with van der Waals surface area (Å²) in [6.45, 7) is 16.1. The maximum Gasteiger partial charge on any atom is 0.508 e. The minimum Gasteiger partial charge on any atom is -0.462 e. The summed E-state index contributed by atoms with van der Waals surface area (Å²) in [5.41, 5.74) is 1.68. The van der Waals surface area contributed by atoms with Crippen LogP contribution in [0.1, 0.15) is 85.7 Å². The van der Waals surface area contributed by atoms with Crippen molar-refractivity contribution < 1.29 is 52.0 Å². The normalized spacial score (nSPS) is 32.8. The van der Waals surface area contributed by atoms with Crippen LogP contribution in [0.4, 0.5) is 4.79 Å². The van der Waals surface area contributed by atoms with Crippen molar-refractivity contribution in [1.82, 2.24) is 4.98 Å². The fourth-order valence-corrected chi connectivity index (χ4v) is 9.64. The summed E-state index contributed by atoms with van der Waals surface area (Å²) >= 11 is 0. The van der Waals surface area contributed by atoms with Gasteiger partial charge in [-0.15, -0.1) is 0 Å². The minimum absolute atomic E-state index is 0.0261. The van der Waals surface area contributed by atoms with E-state index in [4.69, 9.17) is 37.6 Å². The quantitative estimate of drug-likeness (QED) is 0.0337. The molecule has 0 amide bonds. The number of epoxide rings is 2. The molecule has 0 aromatic carbocycles. The zero-order valence-corrected chi connectivity index (χ0v) is 35.7. The molecular weight excluding hydrogens is 759 g/mol. The summed E-state index contributed by atoms with van der Waals surface area (Å²) in [7, 11) is 5.01. The Morgan fingerprint density at radius 1 is 1.09 bits per heavy atom. The summed E-state index contributed by atoms with van der Waals surface area (Å²) in [4.78, 5) is 44.0. The molecule has 310 valence electrons. The highest BCUT2D eigenvalue weighted by Gasteiger charge is 2.60. The largest absolute Gasteiger partial charge is 0.508 e. The van der Waals surface area contributed by atoms with E-state index in [9.17, 15) is 14.4 Å². The monoisotopic (exact) mass is 817 g/mol. The van der Waals surface area contributed by atoms with Crippen molar-refractivity contribution in [3.05, 3.63) is 59.4 Å². The Bertz CT molecular complexity index is 1640. The van der Waals surface area contributed by atoms with E-state index in [1.165, 1.54) is 0 Å². The number of aromatic nitrogens is 1. The molecule has 0 aliphatic carbocycles. The molecule has 4 aliphatic heterocycles. The first-order chi connectivity index (χ1) is 26.7. The van der Waals surface area contributed by atoms with Gasteiger partial charge in [0.2, 0.25) is 0 Å². The summed E-state index contributed by atoms with van der Waals surface area (Å²) in [5.74, 6) is 1.59. The van der Waals surface area contributed by atoms with Gasteiger partial charge < -0.3 is 37.6 Å². The van der Waals surface area contributed by atoms with Crippen molar-refractivity contribution in [3.63, 3.8) is 0 Å². The zero-order chi connectivity index (χ0) is 40.6. The van der Waals surface area contributed by atoms with Gasteiger partial charge in [0.05, 0.1) is 12.2 Å². The third-order valence-electron chi connectivity index (χ3n) is 10.7. The number of ether oxygens (including phenoxy) is 7. The molecule has 0 N–H and O–H groups in total. The van der Waals surface area contributed by atoms with Gasteiger partial charge >= 0.3 is 18.1 Å². The van der Waals surface area contributed by atoms with Crippen LogP contribution in [0.25, 0.3) is 6.08 Å². The zero-order valence-electron chi connectivity index (χ0n) is 34.1. The Morgan fingerprint density at radius 2 is 1.86 bits per heavy atom. The van der Waals surface area contributed by atoms with Crippen molar-refractivity contribution in [2.45, 2.75) is 129 Å². The first kappa shape index (κ1) is 44.1. The molecule has 2 bridgehead atoms. The van der Waals surface area contributed by atoms with Gasteiger partial charge in [-0.1, -0.05) is 79.7 Å². The second kappa shape index (κ2) is 20.1. The van der Waals surface area contributed by atoms with E-state index in [0.29, 0.717) is 30.4 Å². The van der Waals surface area contributed by atoms with Crippen LogP contribution in [0.15, 0.2) is 52.2 Å². The lowest BCUT2D eigenvalue weighted by molar-refractivity contribution is -0.159. The molecule has 0 saturated carbocycles. The second-order valence-corrected chi connectivity index (χ2v) is 18.6. The predicted molar refractivity (Wildman–Crippen MR) is 216 cm³/mol. The van der Waals surface area contributed by atoms with Gasteiger partial charge in [-0.3, -0.25) is 4.79 Å². The average molecular weight is 818 g/mol. The van der Waals surface area contributed by atoms with Crippen LogP contribution in [0.3, 0.4) is 0 Å². The predicted octanol–water partition coefficient (Wildman–Crippen LogP) is 8.24. The van der Waals surface area contributed by atoms with Gasteiger partial charge in [-0.2, -0.15) is 0 Å². The molecule has 1 aromatic rings. The SMILES string of the molecule is CO[C@@H](/C(C)=C/C=C/C(C)=C/c1coc(C)n1)[C@@H](C)[C@@H]1C[C@H](OC(=O)OCCSSCC(C)C)[C@@]2(C)O[C@@H]2/C=C/[C@@H](C)C2C[C@H](CC(=O)O2)C[C@@H]2O[C@H]2C(=O)O1. The molecule has 11 atom stereocenters. The summed E-state index contributed by atoms with van der Waals surface area (Å²) in [5, 5.41) is 0. The lowest BCUT2D eigenvalue weighted by atomic mass is 9.84. The number of aryl methyl sites for hydroxylation is 1. The van der Waals surface area contributed by atoms with Crippen molar-refractivity contribution in [1.29, 1.82) is 0 Å². The number of cyclic esters (lactones) is 1. The number of esters is 2. The number of fused-ring (bicyclic) bond motifs is 4. The van der Waals surface area contributed by atoms with Crippen LogP contribution < -0.4 is 0 Å². The third kappa shape index (κ3) is 12.5. The van der Waals surface area contributed by atoms with Gasteiger partial charge in [0, 0.05) is 50.2 Å². The number of allylic oxidation sites excluding steroid dienone is 4. The molecule has 1 unspecified atom stereocenters. The number of carbonyl (C=O) groups excluding carboxylic acids is 3. The highest BCUT2D eigenvalue weighted by molar-refractivity contribution is 8.76. The molecule has 4 aliphatic rings. The van der Waals surface area contributed by atoms with Gasteiger partial charge in [-0.05, 0) is 62.7 Å². The number of rotatable bonds is 14. The van der Waals surface area contributed by atoms with Crippen LogP contribution in [0.2, 0.25) is 0 Å². The van der Waals surface area contributed by atoms with Crippen molar-refractivity contribution in [2.24, 2.45) is 23.7 Å². The van der Waals surface area contributed by atoms with Crippen LogP contribution in [-0.4, -0.2) is 96.6 Å². The van der Waals surface area contributed by atoms with Gasteiger partial charge in [0.1, 0.15) is 48.6 Å². The minimum atomic E-state index is -0.939. The van der Waals surface area contributed by atoms with Gasteiger partial charge in [-0.25, -0.2) is 14.6 Å². The Labute approximate surface area is 339 Å². The third-order valence-corrected chi connectivity index (χ3v) is 13.4. The topological polar surface area (TPSA) is 148 Å². The van der Waals surface area contributed by atoms with E-state index in [1.54, 1.807) is 41.9 Å². The molecule has 3 saturated heterocycles. The summed E-state index contributed by atoms with van der Waals surface area (Å²) in [6, 6.07) is 0. The summed E-state index contributed by atoms with van der Waals surface area (Å²) in [6.07, 6.45) is 10.2.